The molecule has 3 heterocycles. The van der Waals surface area contributed by atoms with Crippen LogP contribution >= 0.6 is 0 Å². The summed E-state index contributed by atoms with van der Waals surface area (Å²) in [7, 11) is 0. The van der Waals surface area contributed by atoms with Gasteiger partial charge in [-0.1, -0.05) is 32.9 Å². The molecule has 3 aliphatic rings. The van der Waals surface area contributed by atoms with Crippen LogP contribution < -0.4 is 4.74 Å². The predicted octanol–water partition coefficient (Wildman–Crippen LogP) is 2.31. The molecule has 0 radical (unpaired) electrons. The van der Waals surface area contributed by atoms with Crippen molar-refractivity contribution in [1.29, 1.82) is 0 Å². The maximum Gasteiger partial charge on any atom is 0.119 e. The van der Waals surface area contributed by atoms with Crippen LogP contribution in [0.25, 0.3) is 0 Å². The molecule has 1 aromatic rings. The smallest absolute Gasteiger partial charge is 0.119 e. The molecule has 30 heavy (non-hydrogen) atoms. The van der Waals surface area contributed by atoms with E-state index in [4.69, 9.17) is 33.9 Å². The van der Waals surface area contributed by atoms with Crippen LogP contribution in [0.2, 0.25) is 0 Å². The van der Waals surface area contributed by atoms with Crippen LogP contribution in [0, 0.1) is 0 Å². The van der Waals surface area contributed by atoms with Gasteiger partial charge in [0.25, 0.3) is 0 Å². The fourth-order valence-corrected chi connectivity index (χ4v) is 2.29. The second-order valence-electron chi connectivity index (χ2n) is 8.64. The standard InChI is InChI=1S/C13H18O2.C6H10O3.C4H10O2/c1-13(2,3)10-4-6-11(7-5-10)14-8-12-9-15-12;1(5-3-8-5)7-2-6-4-9-6;5-3-1-2-4-6/h4-7,12H,8-9H2,1-3H3;5-6H,1-4H2;5-6H,1-4H2. The summed E-state index contributed by atoms with van der Waals surface area (Å²) in [5, 5.41) is 16.2. The average molecular weight is 427 g/mol. The molecule has 1 aromatic carbocycles. The highest BCUT2D eigenvalue weighted by atomic mass is 16.6. The molecule has 0 spiro atoms. The van der Waals surface area contributed by atoms with Crippen molar-refractivity contribution >= 4 is 0 Å². The zero-order valence-corrected chi connectivity index (χ0v) is 18.5. The number of hydrogen-bond acceptors (Lipinski definition) is 7. The molecule has 0 bridgehead atoms. The Morgan fingerprint density at radius 2 is 1.23 bits per heavy atom. The van der Waals surface area contributed by atoms with E-state index in [9.17, 15) is 0 Å². The Morgan fingerprint density at radius 1 is 0.800 bits per heavy atom. The van der Waals surface area contributed by atoms with Gasteiger partial charge < -0.3 is 33.9 Å². The Balaban J connectivity index is 0.000000181. The maximum atomic E-state index is 8.09. The molecule has 0 saturated carbocycles. The molecule has 2 N–H and O–H groups in total. The lowest BCUT2D eigenvalue weighted by Crippen LogP contribution is -2.11. The van der Waals surface area contributed by atoms with Crippen LogP contribution in [0.1, 0.15) is 39.2 Å². The van der Waals surface area contributed by atoms with Gasteiger partial charge in [-0.25, -0.2) is 0 Å². The number of ether oxygens (including phenoxy) is 5. The summed E-state index contributed by atoms with van der Waals surface area (Å²) in [6, 6.07) is 8.32. The summed E-state index contributed by atoms with van der Waals surface area (Å²) in [6.45, 7) is 11.8. The number of rotatable bonds is 10. The third kappa shape index (κ3) is 12.5. The monoisotopic (exact) mass is 426 g/mol. The van der Waals surface area contributed by atoms with Gasteiger partial charge in [-0.2, -0.15) is 0 Å². The van der Waals surface area contributed by atoms with Crippen LogP contribution in [-0.2, 0) is 24.4 Å². The van der Waals surface area contributed by atoms with E-state index in [1.807, 2.05) is 12.1 Å². The predicted molar refractivity (Wildman–Crippen MR) is 114 cm³/mol. The summed E-state index contributed by atoms with van der Waals surface area (Å²) < 4.78 is 25.8. The molecule has 4 rings (SSSR count). The number of unbranched alkanes of at least 4 members (excludes halogenated alkanes) is 1. The van der Waals surface area contributed by atoms with Crippen molar-refractivity contribution in [3.05, 3.63) is 29.8 Å². The van der Waals surface area contributed by atoms with E-state index in [1.165, 1.54) is 5.56 Å². The summed E-state index contributed by atoms with van der Waals surface area (Å²) >= 11 is 0. The number of epoxide rings is 3. The van der Waals surface area contributed by atoms with Crippen molar-refractivity contribution in [2.75, 3.05) is 52.9 Å². The SMILES string of the molecule is C(OCC1CO1)C1CO1.CC(C)(C)c1ccc(OCC2CO2)cc1.OCCCCO. The molecule has 3 aliphatic heterocycles. The Hall–Kier alpha value is -1.22. The highest BCUT2D eigenvalue weighted by Gasteiger charge is 2.26. The molecule has 3 saturated heterocycles. The molecule has 7 heteroatoms. The first kappa shape index (κ1) is 25.0. The average Bonchev–Trinajstić information content (AvgIpc) is 3.55. The first-order valence-corrected chi connectivity index (χ1v) is 10.8. The highest BCUT2D eigenvalue weighted by Crippen LogP contribution is 2.24. The zero-order chi connectivity index (χ0) is 21.8. The van der Waals surface area contributed by atoms with Crippen LogP contribution in [0.15, 0.2) is 24.3 Å². The summed E-state index contributed by atoms with van der Waals surface area (Å²) in [4.78, 5) is 0. The minimum absolute atomic E-state index is 0.195. The van der Waals surface area contributed by atoms with E-state index >= 15 is 0 Å². The minimum Gasteiger partial charge on any atom is -0.491 e. The van der Waals surface area contributed by atoms with Gasteiger partial charge in [0, 0.05) is 13.2 Å². The Bertz CT molecular complexity index is 542. The van der Waals surface area contributed by atoms with Crippen molar-refractivity contribution in [2.45, 2.75) is 57.3 Å². The fourth-order valence-electron chi connectivity index (χ4n) is 2.29. The number of benzene rings is 1. The third-order valence-corrected chi connectivity index (χ3v) is 4.54. The maximum absolute atomic E-state index is 8.09. The van der Waals surface area contributed by atoms with Gasteiger partial charge in [-0.3, -0.25) is 0 Å². The lowest BCUT2D eigenvalue weighted by atomic mass is 9.87. The van der Waals surface area contributed by atoms with E-state index in [2.05, 4.69) is 32.9 Å². The minimum atomic E-state index is 0.195. The molecule has 3 atom stereocenters. The van der Waals surface area contributed by atoms with Crippen LogP contribution in [0.4, 0.5) is 0 Å². The fraction of sp³-hybridized carbons (Fsp3) is 0.739. The molecule has 3 unspecified atom stereocenters. The largest absolute Gasteiger partial charge is 0.491 e. The molecular formula is C23H38O7. The van der Waals surface area contributed by atoms with Crippen molar-refractivity contribution in [3.8, 4) is 5.75 Å². The van der Waals surface area contributed by atoms with Crippen molar-refractivity contribution in [1.82, 2.24) is 0 Å². The third-order valence-electron chi connectivity index (χ3n) is 4.54. The second-order valence-corrected chi connectivity index (χ2v) is 8.64. The summed E-state index contributed by atoms with van der Waals surface area (Å²) in [6.07, 6.45) is 2.55. The molecule has 0 aliphatic carbocycles. The van der Waals surface area contributed by atoms with Gasteiger partial charge in [0.2, 0.25) is 0 Å². The Kier molecular flexibility index (Phi) is 11.1. The van der Waals surface area contributed by atoms with Gasteiger partial charge in [0.05, 0.1) is 33.0 Å². The Morgan fingerprint density at radius 3 is 1.60 bits per heavy atom. The van der Waals surface area contributed by atoms with E-state index in [0.29, 0.717) is 24.9 Å². The zero-order valence-electron chi connectivity index (χ0n) is 18.5. The molecule has 7 nitrogen and oxygen atoms in total. The highest BCUT2D eigenvalue weighted by molar-refractivity contribution is 5.31. The van der Waals surface area contributed by atoms with Gasteiger partial charge >= 0.3 is 0 Å². The number of aliphatic hydroxyl groups excluding tert-OH is 2. The first-order chi connectivity index (χ1) is 14.4. The molecule has 172 valence electrons. The van der Waals surface area contributed by atoms with Crippen molar-refractivity contribution < 1.29 is 33.9 Å². The van der Waals surface area contributed by atoms with E-state index in [0.717, 1.165) is 51.6 Å². The van der Waals surface area contributed by atoms with E-state index in [1.54, 1.807) is 0 Å². The quantitative estimate of drug-likeness (QED) is 0.438. The van der Waals surface area contributed by atoms with Gasteiger partial charge in [0.1, 0.15) is 30.7 Å². The van der Waals surface area contributed by atoms with Gasteiger partial charge in [-0.05, 0) is 36.0 Å². The lowest BCUT2D eigenvalue weighted by Gasteiger charge is -2.19. The molecular weight excluding hydrogens is 388 g/mol. The van der Waals surface area contributed by atoms with Gasteiger partial charge in [0.15, 0.2) is 0 Å². The molecule has 0 amide bonds. The number of hydrogen-bond donors (Lipinski definition) is 2. The Labute approximate surface area is 180 Å². The lowest BCUT2D eigenvalue weighted by molar-refractivity contribution is 0.102. The number of aliphatic hydroxyl groups is 2. The van der Waals surface area contributed by atoms with Crippen LogP contribution in [-0.4, -0.2) is 81.4 Å². The van der Waals surface area contributed by atoms with Gasteiger partial charge in [-0.15, -0.1) is 0 Å². The summed E-state index contributed by atoms with van der Waals surface area (Å²) in [5.74, 6) is 0.929. The van der Waals surface area contributed by atoms with Crippen molar-refractivity contribution in [2.24, 2.45) is 0 Å². The topological polar surface area (TPSA) is 96.5 Å². The van der Waals surface area contributed by atoms with E-state index in [-0.39, 0.29) is 18.6 Å². The first-order valence-electron chi connectivity index (χ1n) is 10.8. The molecule has 0 aromatic heterocycles. The molecule has 3 fully saturated rings. The van der Waals surface area contributed by atoms with Crippen LogP contribution in [0.3, 0.4) is 0 Å². The van der Waals surface area contributed by atoms with Crippen LogP contribution in [0.5, 0.6) is 5.75 Å². The van der Waals surface area contributed by atoms with Crippen molar-refractivity contribution in [3.63, 3.8) is 0 Å². The van der Waals surface area contributed by atoms with E-state index < -0.39 is 0 Å². The normalized spacial score (nSPS) is 23.4. The summed E-state index contributed by atoms with van der Waals surface area (Å²) in [5.41, 5.74) is 1.54. The second kappa shape index (κ2) is 13.2.